The molecule has 0 spiro atoms. The number of hydrogen-bond donors (Lipinski definition) is 2. The van der Waals surface area contributed by atoms with Crippen LogP contribution in [0.2, 0.25) is 0 Å². The minimum absolute atomic E-state index is 0. The van der Waals surface area contributed by atoms with Gasteiger partial charge in [-0.25, -0.2) is 0 Å². The maximum Gasteiger partial charge on any atom is 0.191 e. The lowest BCUT2D eigenvalue weighted by atomic mass is 9.94. The van der Waals surface area contributed by atoms with Crippen LogP contribution < -0.4 is 10.6 Å². The maximum atomic E-state index is 5.15. The van der Waals surface area contributed by atoms with Crippen molar-refractivity contribution in [3.05, 3.63) is 0 Å². The Hall–Kier alpha value is -0.0800. The summed E-state index contributed by atoms with van der Waals surface area (Å²) in [5.41, 5.74) is 0. The third-order valence-corrected chi connectivity index (χ3v) is 4.11. The average molecular weight is 426 g/mol. The van der Waals surface area contributed by atoms with Crippen molar-refractivity contribution in [2.75, 3.05) is 46.4 Å². The molecule has 2 N–H and O–H groups in total. The van der Waals surface area contributed by atoms with Crippen molar-refractivity contribution in [1.82, 2.24) is 15.5 Å². The van der Waals surface area contributed by atoms with Crippen LogP contribution in [-0.2, 0) is 4.74 Å². The van der Waals surface area contributed by atoms with Crippen molar-refractivity contribution in [2.24, 2.45) is 10.9 Å². The predicted molar refractivity (Wildman–Crippen MR) is 105 cm³/mol. The van der Waals surface area contributed by atoms with Crippen molar-refractivity contribution in [1.29, 1.82) is 0 Å². The quantitative estimate of drug-likeness (QED) is 0.355. The molecule has 1 heterocycles. The second-order valence-corrected chi connectivity index (χ2v) is 5.93. The first-order chi connectivity index (χ1) is 10.2. The lowest BCUT2D eigenvalue weighted by Crippen LogP contribution is -2.44. The van der Waals surface area contributed by atoms with Crippen molar-refractivity contribution in [2.45, 2.75) is 46.1 Å². The Morgan fingerprint density at radius 2 is 2.00 bits per heavy atom. The first-order valence-corrected chi connectivity index (χ1v) is 8.45. The molecule has 0 bridgehead atoms. The van der Waals surface area contributed by atoms with Crippen molar-refractivity contribution in [3.8, 4) is 0 Å². The van der Waals surface area contributed by atoms with Crippen molar-refractivity contribution < 1.29 is 4.74 Å². The van der Waals surface area contributed by atoms with E-state index in [0.717, 1.165) is 25.0 Å². The molecular weight excluding hydrogens is 391 g/mol. The van der Waals surface area contributed by atoms with E-state index < -0.39 is 0 Å². The zero-order valence-corrected chi connectivity index (χ0v) is 17.1. The largest absolute Gasteiger partial charge is 0.383 e. The van der Waals surface area contributed by atoms with Gasteiger partial charge in [0.2, 0.25) is 0 Å². The number of halogens is 1. The van der Waals surface area contributed by atoms with E-state index in [1.807, 2.05) is 0 Å². The van der Waals surface area contributed by atoms with Gasteiger partial charge in [0.05, 0.1) is 6.61 Å². The van der Waals surface area contributed by atoms with Crippen molar-refractivity contribution >= 4 is 29.9 Å². The molecule has 0 aromatic heterocycles. The summed E-state index contributed by atoms with van der Waals surface area (Å²) in [4.78, 5) is 7.23. The number of nitrogens with one attached hydrogen (secondary N) is 2. The molecule has 6 heteroatoms. The van der Waals surface area contributed by atoms with E-state index in [-0.39, 0.29) is 30.0 Å². The fourth-order valence-corrected chi connectivity index (χ4v) is 2.80. The first kappa shape index (κ1) is 21.9. The topological polar surface area (TPSA) is 48.9 Å². The zero-order chi connectivity index (χ0) is 15.5. The van der Waals surface area contributed by atoms with Crippen LogP contribution in [0.4, 0.5) is 0 Å². The number of methoxy groups -OCH3 is 1. The minimum atomic E-state index is 0. The summed E-state index contributed by atoms with van der Waals surface area (Å²) in [6.07, 6.45) is 3.85. The molecule has 1 saturated heterocycles. The van der Waals surface area contributed by atoms with Crippen LogP contribution in [0.3, 0.4) is 0 Å². The van der Waals surface area contributed by atoms with E-state index in [0.29, 0.717) is 6.61 Å². The first-order valence-electron chi connectivity index (χ1n) is 8.45. The maximum absolute atomic E-state index is 5.15. The highest BCUT2D eigenvalue weighted by Crippen LogP contribution is 2.19. The summed E-state index contributed by atoms with van der Waals surface area (Å²) in [5.74, 6) is 1.75. The molecule has 1 aliphatic rings. The Morgan fingerprint density at radius 3 is 2.55 bits per heavy atom. The van der Waals surface area contributed by atoms with Crippen LogP contribution in [0, 0.1) is 5.92 Å². The van der Waals surface area contributed by atoms with Gasteiger partial charge in [-0.1, -0.05) is 6.92 Å². The van der Waals surface area contributed by atoms with Gasteiger partial charge in [0.1, 0.15) is 0 Å². The second kappa shape index (κ2) is 13.4. The smallest absolute Gasteiger partial charge is 0.191 e. The number of ether oxygens (including phenoxy) is 1. The van der Waals surface area contributed by atoms with E-state index in [2.05, 4.69) is 36.3 Å². The van der Waals surface area contributed by atoms with E-state index in [9.17, 15) is 0 Å². The third-order valence-electron chi connectivity index (χ3n) is 4.11. The number of likely N-dealkylation sites (tertiary alicyclic amines) is 1. The monoisotopic (exact) mass is 426 g/mol. The van der Waals surface area contributed by atoms with E-state index >= 15 is 0 Å². The van der Waals surface area contributed by atoms with Crippen LogP contribution in [0.25, 0.3) is 0 Å². The van der Waals surface area contributed by atoms with Crippen LogP contribution in [0.5, 0.6) is 0 Å². The summed E-state index contributed by atoms with van der Waals surface area (Å²) in [6.45, 7) is 12.7. The predicted octanol–water partition coefficient (Wildman–Crippen LogP) is 2.32. The average Bonchev–Trinajstić information content (AvgIpc) is 2.48. The van der Waals surface area contributed by atoms with Gasteiger partial charge in [0.25, 0.3) is 0 Å². The number of hydrogen-bond acceptors (Lipinski definition) is 3. The van der Waals surface area contributed by atoms with Gasteiger partial charge in [-0.05, 0) is 58.7 Å². The number of guanidine groups is 1. The molecule has 1 aliphatic heterocycles. The van der Waals surface area contributed by atoms with Crippen LogP contribution in [0.1, 0.15) is 40.0 Å². The molecule has 1 unspecified atom stereocenters. The van der Waals surface area contributed by atoms with E-state index in [1.165, 1.54) is 38.9 Å². The Bertz CT molecular complexity index is 294. The molecule has 132 valence electrons. The lowest BCUT2D eigenvalue weighted by molar-refractivity contribution is 0.179. The number of nitrogens with zero attached hydrogens (tertiary/aromatic N) is 2. The third kappa shape index (κ3) is 9.15. The molecule has 1 rings (SSSR count). The van der Waals surface area contributed by atoms with E-state index in [1.54, 1.807) is 7.11 Å². The molecule has 5 nitrogen and oxygen atoms in total. The molecule has 22 heavy (non-hydrogen) atoms. The van der Waals surface area contributed by atoms with Gasteiger partial charge in [-0.3, -0.25) is 4.99 Å². The Labute approximate surface area is 153 Å². The van der Waals surface area contributed by atoms with Crippen LogP contribution in [0.15, 0.2) is 4.99 Å². The molecule has 0 amide bonds. The van der Waals surface area contributed by atoms with Gasteiger partial charge in [-0.15, -0.1) is 24.0 Å². The van der Waals surface area contributed by atoms with Gasteiger partial charge < -0.3 is 20.3 Å². The fraction of sp³-hybridized carbons (Fsp3) is 0.938. The minimum Gasteiger partial charge on any atom is -0.383 e. The van der Waals surface area contributed by atoms with Gasteiger partial charge in [0.15, 0.2) is 5.96 Å². The van der Waals surface area contributed by atoms with Crippen molar-refractivity contribution in [3.63, 3.8) is 0 Å². The Kier molecular flexibility index (Phi) is 13.3. The fourth-order valence-electron chi connectivity index (χ4n) is 2.80. The highest BCUT2D eigenvalue weighted by molar-refractivity contribution is 14.0. The Balaban J connectivity index is 0.00000441. The molecule has 0 saturated carbocycles. The van der Waals surface area contributed by atoms with Gasteiger partial charge in [-0.2, -0.15) is 0 Å². The molecule has 0 radical (unpaired) electrons. The highest BCUT2D eigenvalue weighted by atomic mass is 127. The second-order valence-electron chi connectivity index (χ2n) is 5.93. The summed E-state index contributed by atoms with van der Waals surface area (Å²) < 4.78 is 5.15. The summed E-state index contributed by atoms with van der Waals surface area (Å²) in [7, 11) is 1.73. The van der Waals surface area contributed by atoms with Gasteiger partial charge in [0, 0.05) is 26.2 Å². The van der Waals surface area contributed by atoms with Gasteiger partial charge >= 0.3 is 0 Å². The van der Waals surface area contributed by atoms with Crippen LogP contribution in [-0.4, -0.2) is 63.3 Å². The standard InChI is InChI=1S/C16H34N4O.HI/c1-5-17-16(19-14(3)13-21-4)18-10-7-15-8-11-20(6-2)12-9-15;/h14-15H,5-13H2,1-4H3,(H2,17,18,19);1H. The summed E-state index contributed by atoms with van der Waals surface area (Å²) in [6, 6.07) is 0.278. The number of piperidine rings is 1. The molecular formula is C16H35IN4O. The summed E-state index contributed by atoms with van der Waals surface area (Å²) in [5, 5.41) is 6.68. The lowest BCUT2D eigenvalue weighted by Gasteiger charge is -2.30. The number of rotatable bonds is 8. The molecule has 1 atom stereocenters. The zero-order valence-electron chi connectivity index (χ0n) is 14.7. The highest BCUT2D eigenvalue weighted by Gasteiger charge is 2.17. The SMILES string of the molecule is CCNC(=NCCC1CCN(CC)CC1)NC(C)COC.I. The molecule has 0 aromatic carbocycles. The molecule has 0 aromatic rings. The molecule has 1 fully saturated rings. The normalized spacial score (nSPS) is 18.6. The number of aliphatic imine (C=N–C) groups is 1. The van der Waals surface area contributed by atoms with Crippen LogP contribution >= 0.6 is 24.0 Å². The summed E-state index contributed by atoms with van der Waals surface area (Å²) >= 11 is 0. The Morgan fingerprint density at radius 1 is 1.32 bits per heavy atom. The molecule has 0 aliphatic carbocycles. The van der Waals surface area contributed by atoms with E-state index in [4.69, 9.17) is 9.73 Å².